The van der Waals surface area contributed by atoms with Crippen LogP contribution in [0.4, 0.5) is 11.5 Å². The third-order valence-corrected chi connectivity index (χ3v) is 3.08. The summed E-state index contributed by atoms with van der Waals surface area (Å²) in [4.78, 5) is 14.1. The van der Waals surface area contributed by atoms with Gasteiger partial charge in [0.1, 0.15) is 12.0 Å². The third-order valence-electron chi connectivity index (χ3n) is 3.08. The fourth-order valence-electron chi connectivity index (χ4n) is 2.05. The molecule has 0 atom stereocenters. The molecule has 3 N–H and O–H groups in total. The minimum Gasteiger partial charge on any atom is -0.367 e. The van der Waals surface area contributed by atoms with Gasteiger partial charge in [0.25, 0.3) is 5.69 Å². The molecule has 1 saturated carbocycles. The Labute approximate surface area is 99.4 Å². The van der Waals surface area contributed by atoms with Crippen LogP contribution in [0.1, 0.15) is 25.7 Å². The molecule has 1 aromatic heterocycles. The summed E-state index contributed by atoms with van der Waals surface area (Å²) in [6.45, 7) is 0. The van der Waals surface area contributed by atoms with Gasteiger partial charge in [-0.15, -0.1) is 0 Å². The second-order valence-corrected chi connectivity index (χ2v) is 4.41. The molecule has 17 heavy (non-hydrogen) atoms. The summed E-state index contributed by atoms with van der Waals surface area (Å²) in [5, 5.41) is 13.7. The molecule has 0 unspecified atom stereocenters. The number of nitrogens with zero attached hydrogens (tertiary/aromatic N) is 2. The lowest BCUT2D eigenvalue weighted by Gasteiger charge is -2.27. The van der Waals surface area contributed by atoms with Crippen molar-refractivity contribution in [2.75, 3.05) is 5.32 Å². The number of nitrogens with one attached hydrogen (secondary N) is 1. The first-order valence-corrected chi connectivity index (χ1v) is 5.77. The lowest BCUT2D eigenvalue weighted by molar-refractivity contribution is -0.385. The molecule has 1 aromatic rings. The Kier molecular flexibility index (Phi) is 3.53. The summed E-state index contributed by atoms with van der Waals surface area (Å²) in [5.74, 6) is 0.691. The Morgan fingerprint density at radius 3 is 2.59 bits per heavy atom. The number of rotatable bonds is 3. The maximum atomic E-state index is 10.5. The van der Waals surface area contributed by atoms with Crippen molar-refractivity contribution >= 4 is 11.5 Å². The van der Waals surface area contributed by atoms with Crippen LogP contribution in [0.25, 0.3) is 0 Å². The minimum atomic E-state index is -0.448. The summed E-state index contributed by atoms with van der Waals surface area (Å²) in [5.41, 5.74) is 5.84. The van der Waals surface area contributed by atoms with Gasteiger partial charge in [0.2, 0.25) is 0 Å². The molecular formula is C11H16N4O2. The topological polar surface area (TPSA) is 94.1 Å². The zero-order chi connectivity index (χ0) is 12.3. The zero-order valence-electron chi connectivity index (χ0n) is 9.50. The monoisotopic (exact) mass is 236 g/mol. The molecule has 1 aliphatic carbocycles. The van der Waals surface area contributed by atoms with E-state index >= 15 is 0 Å². The molecule has 0 amide bonds. The van der Waals surface area contributed by atoms with E-state index in [9.17, 15) is 10.1 Å². The van der Waals surface area contributed by atoms with Gasteiger partial charge >= 0.3 is 0 Å². The summed E-state index contributed by atoms with van der Waals surface area (Å²) < 4.78 is 0. The fraction of sp³-hybridized carbons (Fsp3) is 0.545. The van der Waals surface area contributed by atoms with Gasteiger partial charge in [-0.1, -0.05) is 0 Å². The van der Waals surface area contributed by atoms with Crippen LogP contribution in [0.2, 0.25) is 0 Å². The molecule has 0 aliphatic heterocycles. The highest BCUT2D eigenvalue weighted by Crippen LogP contribution is 2.21. The highest BCUT2D eigenvalue weighted by molar-refractivity contribution is 5.40. The Hall–Kier alpha value is -1.69. The standard InChI is InChI=1S/C11H16N4O2/c12-8-1-3-9(4-2-8)14-11-6-5-10(7-13-11)15(16)17/h5-9H,1-4,12H2,(H,13,14). The van der Waals surface area contributed by atoms with Gasteiger partial charge in [0.05, 0.1) is 4.92 Å². The molecule has 0 radical (unpaired) electrons. The van der Waals surface area contributed by atoms with Crippen molar-refractivity contribution < 1.29 is 4.92 Å². The summed E-state index contributed by atoms with van der Waals surface area (Å²) in [6.07, 6.45) is 5.37. The minimum absolute atomic E-state index is 0.0150. The Bertz CT molecular complexity index is 385. The maximum Gasteiger partial charge on any atom is 0.287 e. The number of pyridine rings is 1. The molecule has 0 spiro atoms. The highest BCUT2D eigenvalue weighted by atomic mass is 16.6. The van der Waals surface area contributed by atoms with Crippen LogP contribution in [0.5, 0.6) is 0 Å². The molecule has 2 rings (SSSR count). The Morgan fingerprint density at radius 1 is 1.35 bits per heavy atom. The van der Waals surface area contributed by atoms with Crippen LogP contribution in [-0.4, -0.2) is 22.0 Å². The predicted octanol–water partition coefficient (Wildman–Crippen LogP) is 1.67. The summed E-state index contributed by atoms with van der Waals surface area (Å²) in [6, 6.07) is 3.80. The molecule has 1 aliphatic rings. The molecular weight excluding hydrogens is 220 g/mol. The average molecular weight is 236 g/mol. The van der Waals surface area contributed by atoms with Crippen molar-refractivity contribution in [3.05, 3.63) is 28.4 Å². The number of anilines is 1. The van der Waals surface area contributed by atoms with Crippen molar-refractivity contribution in [1.29, 1.82) is 0 Å². The van der Waals surface area contributed by atoms with Crippen molar-refractivity contribution in [2.45, 2.75) is 37.8 Å². The van der Waals surface area contributed by atoms with Crippen LogP contribution >= 0.6 is 0 Å². The van der Waals surface area contributed by atoms with Gasteiger partial charge in [0.15, 0.2) is 0 Å². The van der Waals surface area contributed by atoms with Crippen molar-refractivity contribution in [2.24, 2.45) is 5.73 Å². The zero-order valence-corrected chi connectivity index (χ0v) is 9.50. The van der Waals surface area contributed by atoms with Crippen LogP contribution in [0.15, 0.2) is 18.3 Å². The van der Waals surface area contributed by atoms with E-state index in [4.69, 9.17) is 5.73 Å². The predicted molar refractivity (Wildman–Crippen MR) is 64.7 cm³/mol. The van der Waals surface area contributed by atoms with E-state index in [0.717, 1.165) is 25.7 Å². The second-order valence-electron chi connectivity index (χ2n) is 4.41. The molecule has 0 bridgehead atoms. The Balaban J connectivity index is 1.92. The third kappa shape index (κ3) is 3.13. The first-order chi connectivity index (χ1) is 8.15. The quantitative estimate of drug-likeness (QED) is 0.615. The number of hydrogen-bond acceptors (Lipinski definition) is 5. The number of nitrogens with two attached hydrogens (primary N) is 1. The molecule has 6 heteroatoms. The van der Waals surface area contributed by atoms with Crippen LogP contribution < -0.4 is 11.1 Å². The highest BCUT2D eigenvalue weighted by Gasteiger charge is 2.18. The van der Waals surface area contributed by atoms with Crippen LogP contribution in [0, 0.1) is 10.1 Å². The molecule has 0 saturated heterocycles. The van der Waals surface area contributed by atoms with Gasteiger partial charge < -0.3 is 11.1 Å². The maximum absolute atomic E-state index is 10.5. The van der Waals surface area contributed by atoms with Gasteiger partial charge in [-0.3, -0.25) is 10.1 Å². The van der Waals surface area contributed by atoms with E-state index in [0.29, 0.717) is 17.9 Å². The van der Waals surface area contributed by atoms with Gasteiger partial charge in [-0.25, -0.2) is 4.98 Å². The van der Waals surface area contributed by atoms with E-state index in [1.165, 1.54) is 12.3 Å². The van der Waals surface area contributed by atoms with E-state index in [2.05, 4.69) is 10.3 Å². The van der Waals surface area contributed by atoms with Crippen molar-refractivity contribution in [3.63, 3.8) is 0 Å². The molecule has 92 valence electrons. The Morgan fingerprint density at radius 2 is 2.06 bits per heavy atom. The fourth-order valence-corrected chi connectivity index (χ4v) is 2.05. The normalized spacial score (nSPS) is 24.3. The number of nitro groups is 1. The lowest BCUT2D eigenvalue weighted by atomic mass is 9.92. The van der Waals surface area contributed by atoms with Crippen molar-refractivity contribution in [1.82, 2.24) is 4.98 Å². The van der Waals surface area contributed by atoms with E-state index < -0.39 is 4.92 Å². The molecule has 1 fully saturated rings. The molecule has 6 nitrogen and oxygen atoms in total. The van der Waals surface area contributed by atoms with Gasteiger partial charge in [0, 0.05) is 18.2 Å². The largest absolute Gasteiger partial charge is 0.367 e. The van der Waals surface area contributed by atoms with E-state index in [-0.39, 0.29) is 5.69 Å². The summed E-state index contributed by atoms with van der Waals surface area (Å²) in [7, 11) is 0. The lowest BCUT2D eigenvalue weighted by Crippen LogP contribution is -2.32. The second kappa shape index (κ2) is 5.09. The van der Waals surface area contributed by atoms with Crippen molar-refractivity contribution in [3.8, 4) is 0 Å². The van der Waals surface area contributed by atoms with Gasteiger partial charge in [-0.05, 0) is 31.7 Å². The molecule has 0 aromatic carbocycles. The number of hydrogen-bond donors (Lipinski definition) is 2. The smallest absolute Gasteiger partial charge is 0.287 e. The first-order valence-electron chi connectivity index (χ1n) is 5.77. The van der Waals surface area contributed by atoms with Gasteiger partial charge in [-0.2, -0.15) is 0 Å². The average Bonchev–Trinajstić information content (AvgIpc) is 2.33. The first kappa shape index (κ1) is 11.8. The SMILES string of the molecule is NC1CCC(Nc2ccc([N+](=O)[O-])cn2)CC1. The van der Waals surface area contributed by atoms with Crippen LogP contribution in [-0.2, 0) is 0 Å². The number of aromatic nitrogens is 1. The van der Waals surface area contributed by atoms with E-state index in [1.807, 2.05) is 0 Å². The van der Waals surface area contributed by atoms with E-state index in [1.54, 1.807) is 6.07 Å². The van der Waals surface area contributed by atoms with Crippen LogP contribution in [0.3, 0.4) is 0 Å². The molecule has 1 heterocycles. The summed E-state index contributed by atoms with van der Waals surface area (Å²) >= 11 is 0.